The van der Waals surface area contributed by atoms with Gasteiger partial charge in [0, 0.05) is 14.2 Å². The molecule has 11 heteroatoms. The van der Waals surface area contributed by atoms with Crippen molar-refractivity contribution in [1.82, 2.24) is 0 Å². The van der Waals surface area contributed by atoms with Crippen LogP contribution in [0.5, 0.6) is 0 Å². The lowest BCUT2D eigenvalue weighted by Crippen LogP contribution is -2.61. The van der Waals surface area contributed by atoms with Crippen LogP contribution in [0.25, 0.3) is 0 Å². The molecule has 2 aliphatic rings. The van der Waals surface area contributed by atoms with Gasteiger partial charge in [0.15, 0.2) is 17.8 Å². The Morgan fingerprint density at radius 2 is 1.52 bits per heavy atom. The van der Waals surface area contributed by atoms with Gasteiger partial charge >= 0.3 is 0 Å². The Hall–Kier alpha value is -1.02. The number of hydrogen-bond acceptors (Lipinski definition) is 11. The maximum Gasteiger partial charge on any atom is 0.220 e. The van der Waals surface area contributed by atoms with E-state index in [4.69, 9.17) is 23.7 Å². The molecule has 2 heterocycles. The molecule has 0 saturated carbocycles. The highest BCUT2D eigenvalue weighted by atomic mass is 16.7. The average molecular weight is 368 g/mol. The molecule has 0 aromatic heterocycles. The SMILES string of the molecule is CO[C@@H]1OC(CO)[C@@H](O[C@@H]2OC(CO)[C@@H](OC)C(O)=C2O)C(O)C1O. The van der Waals surface area contributed by atoms with Crippen molar-refractivity contribution in [2.45, 2.75) is 49.2 Å². The fourth-order valence-electron chi connectivity index (χ4n) is 2.79. The predicted octanol–water partition coefficient (Wildman–Crippen LogP) is -2.48. The highest BCUT2D eigenvalue weighted by Gasteiger charge is 2.48. The van der Waals surface area contributed by atoms with Crippen LogP contribution in [0.2, 0.25) is 0 Å². The molecule has 6 N–H and O–H groups in total. The third kappa shape index (κ3) is 3.89. The van der Waals surface area contributed by atoms with Gasteiger partial charge < -0.3 is 54.3 Å². The van der Waals surface area contributed by atoms with Crippen molar-refractivity contribution < 1.29 is 54.3 Å². The van der Waals surface area contributed by atoms with Crippen molar-refractivity contribution in [2.75, 3.05) is 27.4 Å². The van der Waals surface area contributed by atoms with E-state index in [-0.39, 0.29) is 0 Å². The number of aliphatic hydroxyl groups is 6. The smallest absolute Gasteiger partial charge is 0.220 e. The second-order valence-corrected chi connectivity index (χ2v) is 5.66. The summed E-state index contributed by atoms with van der Waals surface area (Å²) in [6, 6.07) is 0. The lowest BCUT2D eigenvalue weighted by Gasteiger charge is -2.43. The molecule has 4 unspecified atom stereocenters. The van der Waals surface area contributed by atoms with Crippen LogP contribution in [0, 0.1) is 0 Å². The van der Waals surface area contributed by atoms with E-state index < -0.39 is 73.9 Å². The molecule has 146 valence electrons. The van der Waals surface area contributed by atoms with Crippen LogP contribution in [-0.2, 0) is 23.7 Å². The molecular formula is C14H24O11. The number of hydrogen-bond donors (Lipinski definition) is 6. The van der Waals surface area contributed by atoms with Gasteiger partial charge in [-0.25, -0.2) is 0 Å². The standard InChI is InChI=1S/C14H24O11/c1-21-11-5(3-15)24-14(10(20)7(11)17)25-12-6(4-16)23-13(22-2)9(19)8(12)18/h5-6,8-9,11-20H,3-4H2,1-2H3/t5?,6?,8?,9?,11-,12-,13-,14+/m1/s1. The molecule has 0 amide bonds. The van der Waals surface area contributed by atoms with E-state index >= 15 is 0 Å². The van der Waals surface area contributed by atoms with Gasteiger partial charge in [-0.2, -0.15) is 0 Å². The van der Waals surface area contributed by atoms with E-state index in [1.165, 1.54) is 14.2 Å². The second kappa shape index (κ2) is 8.58. The van der Waals surface area contributed by atoms with Crippen LogP contribution in [0.1, 0.15) is 0 Å². The zero-order valence-corrected chi connectivity index (χ0v) is 13.8. The maximum atomic E-state index is 10.2. The molecule has 0 aliphatic carbocycles. The number of rotatable bonds is 6. The second-order valence-electron chi connectivity index (χ2n) is 5.66. The molecule has 1 fully saturated rings. The molecule has 0 aromatic carbocycles. The van der Waals surface area contributed by atoms with E-state index in [2.05, 4.69) is 0 Å². The molecule has 0 radical (unpaired) electrons. The molecule has 8 atom stereocenters. The molecular weight excluding hydrogens is 344 g/mol. The Morgan fingerprint density at radius 1 is 0.880 bits per heavy atom. The van der Waals surface area contributed by atoms with Gasteiger partial charge in [-0.3, -0.25) is 0 Å². The largest absolute Gasteiger partial charge is 0.506 e. The lowest BCUT2D eigenvalue weighted by atomic mass is 9.99. The van der Waals surface area contributed by atoms with Gasteiger partial charge in [0.1, 0.15) is 36.6 Å². The van der Waals surface area contributed by atoms with Crippen molar-refractivity contribution >= 4 is 0 Å². The predicted molar refractivity (Wildman–Crippen MR) is 78.5 cm³/mol. The van der Waals surface area contributed by atoms with Crippen LogP contribution in [0.3, 0.4) is 0 Å². The highest BCUT2D eigenvalue weighted by Crippen LogP contribution is 2.30. The van der Waals surface area contributed by atoms with Crippen LogP contribution in [-0.4, -0.2) is 107 Å². The summed E-state index contributed by atoms with van der Waals surface area (Å²) in [7, 11) is 2.51. The van der Waals surface area contributed by atoms with Crippen molar-refractivity contribution in [3.8, 4) is 0 Å². The molecule has 0 spiro atoms. The number of methoxy groups -OCH3 is 2. The fraction of sp³-hybridized carbons (Fsp3) is 0.857. The van der Waals surface area contributed by atoms with Gasteiger partial charge in [-0.15, -0.1) is 0 Å². The van der Waals surface area contributed by atoms with Gasteiger partial charge in [0.2, 0.25) is 6.29 Å². The van der Waals surface area contributed by atoms with Crippen LogP contribution in [0.15, 0.2) is 11.5 Å². The zero-order valence-electron chi connectivity index (χ0n) is 13.8. The summed E-state index contributed by atoms with van der Waals surface area (Å²) in [5, 5.41) is 58.9. The zero-order chi connectivity index (χ0) is 18.7. The first kappa shape index (κ1) is 20.3. The van der Waals surface area contributed by atoms with Crippen LogP contribution >= 0.6 is 0 Å². The Morgan fingerprint density at radius 3 is 2.04 bits per heavy atom. The van der Waals surface area contributed by atoms with Crippen molar-refractivity contribution in [2.24, 2.45) is 0 Å². The van der Waals surface area contributed by atoms with E-state index in [0.29, 0.717) is 0 Å². The first-order valence-corrected chi connectivity index (χ1v) is 7.61. The molecule has 11 nitrogen and oxygen atoms in total. The quantitative estimate of drug-likeness (QED) is 0.293. The van der Waals surface area contributed by atoms with Crippen molar-refractivity contribution in [1.29, 1.82) is 0 Å². The number of ether oxygens (including phenoxy) is 5. The Balaban J connectivity index is 2.20. The normalized spacial score (nSPS) is 42.6. The summed E-state index contributed by atoms with van der Waals surface area (Å²) in [5.74, 6) is -1.32. The van der Waals surface area contributed by atoms with Crippen molar-refractivity contribution in [3.05, 3.63) is 11.5 Å². The Kier molecular flexibility index (Phi) is 6.96. The van der Waals surface area contributed by atoms with E-state index in [1.54, 1.807) is 0 Å². The lowest BCUT2D eigenvalue weighted by molar-refractivity contribution is -0.328. The van der Waals surface area contributed by atoms with E-state index in [0.717, 1.165) is 0 Å². The van der Waals surface area contributed by atoms with Gasteiger partial charge in [-0.1, -0.05) is 0 Å². The fourth-order valence-corrected chi connectivity index (χ4v) is 2.79. The Bertz CT molecular complexity index is 468. The van der Waals surface area contributed by atoms with Crippen molar-refractivity contribution in [3.63, 3.8) is 0 Å². The summed E-state index contributed by atoms with van der Waals surface area (Å²) in [6.07, 6.45) is -10.3. The molecule has 25 heavy (non-hydrogen) atoms. The summed E-state index contributed by atoms with van der Waals surface area (Å²) < 4.78 is 25.8. The minimum absolute atomic E-state index is 0.544. The third-order valence-electron chi connectivity index (χ3n) is 4.16. The molecule has 0 aromatic rings. The van der Waals surface area contributed by atoms with E-state index in [1.807, 2.05) is 0 Å². The van der Waals surface area contributed by atoms with Crippen LogP contribution in [0.4, 0.5) is 0 Å². The topological polar surface area (TPSA) is 168 Å². The number of aliphatic hydroxyl groups excluding tert-OH is 6. The molecule has 2 aliphatic heterocycles. The summed E-state index contributed by atoms with van der Waals surface area (Å²) in [6.45, 7) is -1.13. The minimum Gasteiger partial charge on any atom is -0.506 e. The third-order valence-corrected chi connectivity index (χ3v) is 4.16. The van der Waals surface area contributed by atoms with E-state index in [9.17, 15) is 30.6 Å². The summed E-state index contributed by atoms with van der Waals surface area (Å²) in [5.41, 5.74) is 0. The van der Waals surface area contributed by atoms with Crippen LogP contribution < -0.4 is 0 Å². The average Bonchev–Trinajstić information content (AvgIpc) is 2.62. The van der Waals surface area contributed by atoms with Gasteiger partial charge in [0.25, 0.3) is 0 Å². The maximum absolute atomic E-state index is 10.2. The van der Waals surface area contributed by atoms with Gasteiger partial charge in [-0.05, 0) is 0 Å². The van der Waals surface area contributed by atoms with Gasteiger partial charge in [0.05, 0.1) is 13.2 Å². The first-order valence-electron chi connectivity index (χ1n) is 7.61. The monoisotopic (exact) mass is 368 g/mol. The summed E-state index contributed by atoms with van der Waals surface area (Å²) in [4.78, 5) is 0. The minimum atomic E-state index is -1.58. The molecule has 0 bridgehead atoms. The molecule has 2 rings (SSSR count). The first-order chi connectivity index (χ1) is 11.9. The summed E-state index contributed by atoms with van der Waals surface area (Å²) >= 11 is 0. The highest BCUT2D eigenvalue weighted by molar-refractivity contribution is 5.13. The molecule has 1 saturated heterocycles. The Labute approximate surface area is 143 Å².